The molecule has 3 aromatic rings. The highest BCUT2D eigenvalue weighted by molar-refractivity contribution is 6.08. The number of carbonyl (C=O) groups excluding carboxylic acids is 2. The summed E-state index contributed by atoms with van der Waals surface area (Å²) >= 11 is 0. The normalized spacial score (nSPS) is 10.4. The van der Waals surface area contributed by atoms with E-state index in [4.69, 9.17) is 4.74 Å². The summed E-state index contributed by atoms with van der Waals surface area (Å²) in [7, 11) is 1.27. The van der Waals surface area contributed by atoms with Gasteiger partial charge in [0.2, 0.25) is 0 Å². The van der Waals surface area contributed by atoms with E-state index in [-0.39, 0.29) is 17.9 Å². The summed E-state index contributed by atoms with van der Waals surface area (Å²) < 4.78 is 6.21. The van der Waals surface area contributed by atoms with E-state index in [0.29, 0.717) is 22.5 Å². The third-order valence-corrected chi connectivity index (χ3v) is 4.32. The molecule has 0 saturated carbocycles. The molecule has 0 bridgehead atoms. The highest BCUT2D eigenvalue weighted by atomic mass is 16.6. The molecule has 0 unspecified atom stereocenters. The first-order chi connectivity index (χ1) is 13.9. The lowest BCUT2D eigenvalue weighted by molar-refractivity contribution is -0.389. The van der Waals surface area contributed by atoms with Crippen molar-refractivity contribution in [1.82, 2.24) is 9.78 Å². The number of benzene rings is 2. The molecule has 9 nitrogen and oxygen atoms in total. The number of nitro groups is 1. The van der Waals surface area contributed by atoms with Crippen molar-refractivity contribution in [2.24, 2.45) is 0 Å². The van der Waals surface area contributed by atoms with Crippen LogP contribution in [-0.4, -0.2) is 33.7 Å². The van der Waals surface area contributed by atoms with Crippen LogP contribution in [0, 0.1) is 17.0 Å². The Morgan fingerprint density at radius 3 is 2.45 bits per heavy atom. The summed E-state index contributed by atoms with van der Waals surface area (Å²) in [6.45, 7) is 1.89. The molecule has 29 heavy (non-hydrogen) atoms. The van der Waals surface area contributed by atoms with Gasteiger partial charge in [0.1, 0.15) is 0 Å². The number of amides is 1. The number of nitrogens with zero attached hydrogens (tertiary/aromatic N) is 3. The number of ether oxygens (including phenoxy) is 1. The number of aromatic nitrogens is 2. The predicted molar refractivity (Wildman–Crippen MR) is 105 cm³/mol. The molecule has 0 aliphatic rings. The average molecular weight is 394 g/mol. The first kappa shape index (κ1) is 19.7. The minimum Gasteiger partial charge on any atom is -0.465 e. The molecule has 0 radical (unpaired) electrons. The van der Waals surface area contributed by atoms with Crippen molar-refractivity contribution in [2.75, 3.05) is 12.4 Å². The van der Waals surface area contributed by atoms with Gasteiger partial charge in [0.15, 0.2) is 0 Å². The fourth-order valence-electron chi connectivity index (χ4n) is 2.85. The van der Waals surface area contributed by atoms with Crippen molar-refractivity contribution in [1.29, 1.82) is 0 Å². The Hall–Kier alpha value is -4.01. The Morgan fingerprint density at radius 2 is 1.79 bits per heavy atom. The van der Waals surface area contributed by atoms with Gasteiger partial charge in [-0.3, -0.25) is 4.79 Å². The standard InChI is InChI=1S/C20H18N4O5/c1-13-11-18(24(27)28)22-23(13)12-14-7-3-4-8-15(14)19(25)21-17-10-6-5-9-16(17)20(26)29-2/h3-11H,12H2,1-2H3,(H,21,25). The molecule has 0 fully saturated rings. The van der Waals surface area contributed by atoms with Crippen LogP contribution >= 0.6 is 0 Å². The number of anilines is 1. The monoisotopic (exact) mass is 394 g/mol. The quantitative estimate of drug-likeness (QED) is 0.390. The third-order valence-electron chi connectivity index (χ3n) is 4.32. The molecule has 148 valence electrons. The highest BCUT2D eigenvalue weighted by Gasteiger charge is 2.19. The Balaban J connectivity index is 1.89. The molecule has 9 heteroatoms. The third kappa shape index (κ3) is 4.29. The minimum absolute atomic E-state index is 0.182. The van der Waals surface area contributed by atoms with Gasteiger partial charge in [-0.25, -0.2) is 4.79 Å². The number of para-hydroxylation sites is 1. The van der Waals surface area contributed by atoms with Crippen LogP contribution in [0.3, 0.4) is 0 Å². The van der Waals surface area contributed by atoms with Crippen LogP contribution in [0.1, 0.15) is 32.0 Å². The number of hydrogen-bond donors (Lipinski definition) is 1. The number of rotatable bonds is 6. The molecule has 1 aromatic heterocycles. The second-order valence-corrected chi connectivity index (χ2v) is 6.21. The van der Waals surface area contributed by atoms with E-state index < -0.39 is 16.8 Å². The van der Waals surface area contributed by atoms with Gasteiger partial charge in [-0.1, -0.05) is 30.3 Å². The number of carbonyl (C=O) groups is 2. The molecule has 2 aromatic carbocycles. The number of methoxy groups -OCH3 is 1. The number of aryl methyl sites for hydroxylation is 1. The van der Waals surface area contributed by atoms with Crippen molar-refractivity contribution in [3.8, 4) is 0 Å². The van der Waals surface area contributed by atoms with Gasteiger partial charge in [-0.2, -0.15) is 4.68 Å². The van der Waals surface area contributed by atoms with Crippen molar-refractivity contribution in [3.05, 3.63) is 87.1 Å². The largest absolute Gasteiger partial charge is 0.465 e. The van der Waals surface area contributed by atoms with Gasteiger partial charge in [0.05, 0.1) is 41.8 Å². The van der Waals surface area contributed by atoms with E-state index in [9.17, 15) is 19.7 Å². The van der Waals surface area contributed by atoms with Crippen molar-refractivity contribution in [2.45, 2.75) is 13.5 Å². The number of esters is 1. The first-order valence-corrected chi connectivity index (χ1v) is 8.66. The Kier molecular flexibility index (Phi) is 5.68. The number of nitrogens with one attached hydrogen (secondary N) is 1. The molecule has 1 amide bonds. The lowest BCUT2D eigenvalue weighted by Gasteiger charge is -2.12. The van der Waals surface area contributed by atoms with Crippen molar-refractivity contribution < 1.29 is 19.2 Å². The fraction of sp³-hybridized carbons (Fsp3) is 0.150. The molecule has 3 rings (SSSR count). The molecule has 0 aliphatic heterocycles. The molecular weight excluding hydrogens is 376 g/mol. The van der Waals surface area contributed by atoms with E-state index >= 15 is 0 Å². The van der Waals surface area contributed by atoms with E-state index in [1.807, 2.05) is 0 Å². The second-order valence-electron chi connectivity index (χ2n) is 6.21. The SMILES string of the molecule is COC(=O)c1ccccc1NC(=O)c1ccccc1Cn1nc([N+](=O)[O-])cc1C. The average Bonchev–Trinajstić information content (AvgIpc) is 3.09. The Morgan fingerprint density at radius 1 is 1.14 bits per heavy atom. The van der Waals surface area contributed by atoms with E-state index in [1.54, 1.807) is 55.5 Å². The zero-order chi connectivity index (χ0) is 21.0. The van der Waals surface area contributed by atoms with Crippen LogP contribution in [0.2, 0.25) is 0 Å². The highest BCUT2D eigenvalue weighted by Crippen LogP contribution is 2.20. The molecule has 0 aliphatic carbocycles. The van der Waals surface area contributed by atoms with Crippen LogP contribution in [0.5, 0.6) is 0 Å². The summed E-state index contributed by atoms with van der Waals surface area (Å²) in [6.07, 6.45) is 0. The van der Waals surface area contributed by atoms with Gasteiger partial charge in [-0.15, -0.1) is 0 Å². The predicted octanol–water partition coefficient (Wildman–Crippen LogP) is 3.19. The fourth-order valence-corrected chi connectivity index (χ4v) is 2.85. The van der Waals surface area contributed by atoms with Crippen LogP contribution in [0.4, 0.5) is 11.5 Å². The van der Waals surface area contributed by atoms with Crippen LogP contribution < -0.4 is 5.32 Å². The van der Waals surface area contributed by atoms with Crippen molar-refractivity contribution >= 4 is 23.4 Å². The molecular formula is C20H18N4O5. The van der Waals surface area contributed by atoms with Gasteiger partial charge in [0.25, 0.3) is 5.91 Å². The molecule has 1 N–H and O–H groups in total. The minimum atomic E-state index is -0.564. The Bertz CT molecular complexity index is 1090. The maximum Gasteiger partial charge on any atom is 0.390 e. The van der Waals surface area contributed by atoms with E-state index in [1.165, 1.54) is 17.9 Å². The van der Waals surface area contributed by atoms with Crippen LogP contribution in [0.25, 0.3) is 0 Å². The van der Waals surface area contributed by atoms with Gasteiger partial charge in [0, 0.05) is 5.56 Å². The summed E-state index contributed by atoms with van der Waals surface area (Å²) in [5.74, 6) is -1.23. The van der Waals surface area contributed by atoms with E-state index in [0.717, 1.165) is 0 Å². The lowest BCUT2D eigenvalue weighted by atomic mass is 10.1. The Labute approximate surface area is 166 Å². The zero-order valence-corrected chi connectivity index (χ0v) is 15.8. The summed E-state index contributed by atoms with van der Waals surface area (Å²) in [5.41, 5.74) is 2.15. The van der Waals surface area contributed by atoms with E-state index in [2.05, 4.69) is 10.4 Å². The summed E-state index contributed by atoms with van der Waals surface area (Å²) in [4.78, 5) is 35.2. The van der Waals surface area contributed by atoms with Gasteiger partial charge in [-0.05, 0) is 35.6 Å². The van der Waals surface area contributed by atoms with Gasteiger partial charge >= 0.3 is 11.8 Å². The second kappa shape index (κ2) is 8.34. The lowest BCUT2D eigenvalue weighted by Crippen LogP contribution is -2.18. The van der Waals surface area contributed by atoms with Crippen molar-refractivity contribution in [3.63, 3.8) is 0 Å². The van der Waals surface area contributed by atoms with Crippen LogP contribution in [-0.2, 0) is 11.3 Å². The van der Waals surface area contributed by atoms with Gasteiger partial charge < -0.3 is 20.2 Å². The smallest absolute Gasteiger partial charge is 0.390 e. The number of hydrogen-bond acceptors (Lipinski definition) is 6. The summed E-state index contributed by atoms with van der Waals surface area (Å²) in [6, 6.07) is 14.8. The first-order valence-electron chi connectivity index (χ1n) is 8.66. The molecule has 1 heterocycles. The van der Waals surface area contributed by atoms with Crippen LogP contribution in [0.15, 0.2) is 54.6 Å². The maximum atomic E-state index is 12.9. The maximum absolute atomic E-state index is 12.9. The zero-order valence-electron chi connectivity index (χ0n) is 15.8. The molecule has 0 atom stereocenters. The molecule has 0 saturated heterocycles. The molecule has 0 spiro atoms. The topological polar surface area (TPSA) is 116 Å². The summed E-state index contributed by atoms with van der Waals surface area (Å²) in [5, 5.41) is 17.6.